The van der Waals surface area contributed by atoms with E-state index in [-0.39, 0.29) is 0 Å². The molecule has 1 aromatic rings. The third-order valence-electron chi connectivity index (χ3n) is 2.75. The summed E-state index contributed by atoms with van der Waals surface area (Å²) in [4.78, 5) is 1.33. The van der Waals surface area contributed by atoms with E-state index in [1.807, 2.05) is 11.8 Å². The van der Waals surface area contributed by atoms with Gasteiger partial charge in [0, 0.05) is 17.2 Å². The van der Waals surface area contributed by atoms with Crippen LogP contribution >= 0.6 is 11.8 Å². The Morgan fingerprint density at radius 2 is 1.94 bits per heavy atom. The normalized spacial score (nSPS) is 10.9. The van der Waals surface area contributed by atoms with Gasteiger partial charge in [-0.25, -0.2) is 0 Å². The van der Waals surface area contributed by atoms with Gasteiger partial charge in [0.05, 0.1) is 0 Å². The van der Waals surface area contributed by atoms with Crippen molar-refractivity contribution in [3.8, 4) is 0 Å². The quantitative estimate of drug-likeness (QED) is 0.548. The van der Waals surface area contributed by atoms with Gasteiger partial charge in [0.2, 0.25) is 0 Å². The van der Waals surface area contributed by atoms with Crippen LogP contribution in [-0.4, -0.2) is 12.3 Å². The molecule has 100 valence electrons. The Morgan fingerprint density at radius 1 is 1.28 bits per heavy atom. The molecule has 0 spiro atoms. The number of hydrogen-bond donors (Lipinski definition) is 1. The van der Waals surface area contributed by atoms with E-state index in [1.54, 1.807) is 0 Å². The summed E-state index contributed by atoms with van der Waals surface area (Å²) in [7, 11) is 0. The Balaban J connectivity index is 2.35. The lowest BCUT2D eigenvalue weighted by atomic mass is 10.2. The molecule has 0 fully saturated rings. The molecule has 1 N–H and O–H groups in total. The smallest absolute Gasteiger partial charge is 0.0205 e. The molecule has 0 radical (unpaired) electrons. The zero-order valence-corrected chi connectivity index (χ0v) is 12.6. The fourth-order valence-corrected chi connectivity index (χ4v) is 2.40. The standard InChI is InChI=1S/C16H25NS/c1-5-14(4)12-18-16-8-6-15(7-9-16)11-17-10-13(2)3/h6-9,13,17H,4-5,10-12H2,1-3H3. The number of benzene rings is 1. The molecule has 0 aliphatic rings. The molecule has 0 amide bonds. The van der Waals surface area contributed by atoms with Gasteiger partial charge in [-0.3, -0.25) is 0 Å². The molecule has 0 atom stereocenters. The molecule has 0 saturated carbocycles. The minimum atomic E-state index is 0.708. The van der Waals surface area contributed by atoms with Gasteiger partial charge in [-0.05, 0) is 36.6 Å². The number of thioether (sulfide) groups is 1. The first-order valence-electron chi connectivity index (χ1n) is 6.71. The van der Waals surface area contributed by atoms with Crippen LogP contribution in [-0.2, 0) is 6.54 Å². The summed E-state index contributed by atoms with van der Waals surface area (Å²) in [5.74, 6) is 1.74. The van der Waals surface area contributed by atoms with Crippen LogP contribution in [0.1, 0.15) is 32.8 Å². The van der Waals surface area contributed by atoms with Crippen molar-refractivity contribution < 1.29 is 0 Å². The third kappa shape index (κ3) is 6.27. The highest BCUT2D eigenvalue weighted by molar-refractivity contribution is 7.99. The van der Waals surface area contributed by atoms with E-state index < -0.39 is 0 Å². The summed E-state index contributed by atoms with van der Waals surface area (Å²) in [5, 5.41) is 3.46. The SMILES string of the molecule is C=C(CC)CSc1ccc(CNCC(C)C)cc1. The largest absolute Gasteiger partial charge is 0.312 e. The zero-order chi connectivity index (χ0) is 13.4. The van der Waals surface area contributed by atoms with Crippen LogP contribution in [0.5, 0.6) is 0 Å². The lowest BCUT2D eigenvalue weighted by Gasteiger charge is -2.08. The summed E-state index contributed by atoms with van der Waals surface area (Å²) >= 11 is 1.87. The van der Waals surface area contributed by atoms with Crippen LogP contribution in [0, 0.1) is 5.92 Å². The molecule has 0 saturated heterocycles. The maximum Gasteiger partial charge on any atom is 0.0205 e. The Bertz CT molecular complexity index is 354. The summed E-state index contributed by atoms with van der Waals surface area (Å²) in [6.45, 7) is 12.7. The average Bonchev–Trinajstić information content (AvgIpc) is 2.37. The Labute approximate surface area is 116 Å². The predicted octanol–water partition coefficient (Wildman–Crippen LogP) is 4.49. The first-order chi connectivity index (χ1) is 8.61. The van der Waals surface area contributed by atoms with Crippen molar-refractivity contribution in [2.75, 3.05) is 12.3 Å². The molecule has 2 heteroatoms. The van der Waals surface area contributed by atoms with Gasteiger partial charge in [-0.1, -0.05) is 45.1 Å². The summed E-state index contributed by atoms with van der Waals surface area (Å²) in [6.07, 6.45) is 1.07. The topological polar surface area (TPSA) is 12.0 Å². The highest BCUT2D eigenvalue weighted by Gasteiger charge is 1.98. The summed E-state index contributed by atoms with van der Waals surface area (Å²) < 4.78 is 0. The maximum atomic E-state index is 4.03. The van der Waals surface area contributed by atoms with E-state index in [2.05, 4.69) is 56.9 Å². The summed E-state index contributed by atoms with van der Waals surface area (Å²) in [5.41, 5.74) is 2.66. The molecule has 0 bridgehead atoms. The van der Waals surface area contributed by atoms with Crippen LogP contribution in [0.3, 0.4) is 0 Å². The predicted molar refractivity (Wildman–Crippen MR) is 83.1 cm³/mol. The fourth-order valence-electron chi connectivity index (χ4n) is 1.50. The Morgan fingerprint density at radius 3 is 2.50 bits per heavy atom. The molecule has 0 aliphatic carbocycles. The molecule has 0 aliphatic heterocycles. The zero-order valence-electron chi connectivity index (χ0n) is 11.8. The molecule has 0 unspecified atom stereocenters. The first-order valence-corrected chi connectivity index (χ1v) is 7.69. The Kier molecular flexibility index (Phi) is 7.14. The molecule has 1 rings (SSSR count). The molecule has 0 aromatic heterocycles. The number of hydrogen-bond acceptors (Lipinski definition) is 2. The minimum absolute atomic E-state index is 0.708. The lowest BCUT2D eigenvalue weighted by Crippen LogP contribution is -2.18. The maximum absolute atomic E-state index is 4.03. The van der Waals surface area contributed by atoms with E-state index in [0.29, 0.717) is 5.92 Å². The molecular weight excluding hydrogens is 238 g/mol. The number of rotatable bonds is 8. The van der Waals surface area contributed by atoms with Gasteiger partial charge >= 0.3 is 0 Å². The van der Waals surface area contributed by atoms with Crippen molar-refractivity contribution in [3.63, 3.8) is 0 Å². The summed E-state index contributed by atoms with van der Waals surface area (Å²) in [6, 6.07) is 8.84. The van der Waals surface area contributed by atoms with Gasteiger partial charge < -0.3 is 5.32 Å². The van der Waals surface area contributed by atoms with Crippen molar-refractivity contribution >= 4 is 11.8 Å². The molecule has 1 nitrogen and oxygen atoms in total. The van der Waals surface area contributed by atoms with E-state index in [0.717, 1.165) is 25.3 Å². The van der Waals surface area contributed by atoms with E-state index in [9.17, 15) is 0 Å². The van der Waals surface area contributed by atoms with Gasteiger partial charge in [-0.15, -0.1) is 11.8 Å². The van der Waals surface area contributed by atoms with Crippen molar-refractivity contribution in [1.82, 2.24) is 5.32 Å². The minimum Gasteiger partial charge on any atom is -0.312 e. The molecular formula is C16H25NS. The highest BCUT2D eigenvalue weighted by atomic mass is 32.2. The van der Waals surface area contributed by atoms with Crippen LogP contribution in [0.2, 0.25) is 0 Å². The lowest BCUT2D eigenvalue weighted by molar-refractivity contribution is 0.552. The second kappa shape index (κ2) is 8.39. The first kappa shape index (κ1) is 15.3. The van der Waals surface area contributed by atoms with E-state index >= 15 is 0 Å². The van der Waals surface area contributed by atoms with E-state index in [4.69, 9.17) is 0 Å². The van der Waals surface area contributed by atoms with Crippen LogP contribution < -0.4 is 5.32 Å². The van der Waals surface area contributed by atoms with Crippen LogP contribution in [0.4, 0.5) is 0 Å². The molecule has 0 heterocycles. The second-order valence-electron chi connectivity index (χ2n) is 5.06. The fraction of sp³-hybridized carbons (Fsp3) is 0.500. The Hall–Kier alpha value is -0.730. The third-order valence-corrected chi connectivity index (χ3v) is 3.91. The number of nitrogens with one attached hydrogen (secondary N) is 1. The second-order valence-corrected chi connectivity index (χ2v) is 6.11. The highest BCUT2D eigenvalue weighted by Crippen LogP contribution is 2.21. The van der Waals surface area contributed by atoms with Crippen molar-refractivity contribution in [3.05, 3.63) is 42.0 Å². The average molecular weight is 263 g/mol. The van der Waals surface area contributed by atoms with Gasteiger partial charge in [0.1, 0.15) is 0 Å². The van der Waals surface area contributed by atoms with Crippen molar-refractivity contribution in [2.45, 2.75) is 38.6 Å². The molecule has 1 aromatic carbocycles. The van der Waals surface area contributed by atoms with Gasteiger partial charge in [0.15, 0.2) is 0 Å². The monoisotopic (exact) mass is 263 g/mol. The van der Waals surface area contributed by atoms with Crippen LogP contribution in [0.25, 0.3) is 0 Å². The van der Waals surface area contributed by atoms with Crippen molar-refractivity contribution in [1.29, 1.82) is 0 Å². The van der Waals surface area contributed by atoms with Crippen LogP contribution in [0.15, 0.2) is 41.3 Å². The van der Waals surface area contributed by atoms with E-state index in [1.165, 1.54) is 16.0 Å². The van der Waals surface area contributed by atoms with Gasteiger partial charge in [0.25, 0.3) is 0 Å². The van der Waals surface area contributed by atoms with Crippen molar-refractivity contribution in [2.24, 2.45) is 5.92 Å². The molecule has 18 heavy (non-hydrogen) atoms. The van der Waals surface area contributed by atoms with Gasteiger partial charge in [-0.2, -0.15) is 0 Å².